The van der Waals surface area contributed by atoms with Gasteiger partial charge in [0.1, 0.15) is 0 Å². The predicted molar refractivity (Wildman–Crippen MR) is 63.7 cm³/mol. The summed E-state index contributed by atoms with van der Waals surface area (Å²) in [5.41, 5.74) is 5.06. The molecule has 0 aromatic heterocycles. The van der Waals surface area contributed by atoms with Gasteiger partial charge < -0.3 is 15.7 Å². The standard InChI is InChI=1S/C12H26N2O/c1-4-11(5-2)14(3)9-12(15,8-13)10-6-7-10/h10-11,15H,4-9,13H2,1-3H3. The van der Waals surface area contributed by atoms with Crippen LogP contribution in [0.1, 0.15) is 39.5 Å². The van der Waals surface area contributed by atoms with E-state index in [-0.39, 0.29) is 0 Å². The first-order chi connectivity index (χ1) is 7.07. The second-order valence-electron chi connectivity index (χ2n) is 4.97. The van der Waals surface area contributed by atoms with Gasteiger partial charge in [0.2, 0.25) is 0 Å². The van der Waals surface area contributed by atoms with Gasteiger partial charge in [0.25, 0.3) is 0 Å². The van der Waals surface area contributed by atoms with Crippen molar-refractivity contribution in [3.8, 4) is 0 Å². The number of hydrogen-bond acceptors (Lipinski definition) is 3. The van der Waals surface area contributed by atoms with Crippen LogP contribution >= 0.6 is 0 Å². The molecule has 0 aliphatic heterocycles. The SMILES string of the molecule is CCC(CC)N(C)CC(O)(CN)C1CC1. The van der Waals surface area contributed by atoms with E-state index >= 15 is 0 Å². The van der Waals surface area contributed by atoms with Gasteiger partial charge in [-0.05, 0) is 38.6 Å². The maximum atomic E-state index is 10.4. The Balaban J connectivity index is 2.50. The molecule has 1 atom stereocenters. The maximum Gasteiger partial charge on any atom is 0.0923 e. The van der Waals surface area contributed by atoms with E-state index in [0.29, 0.717) is 18.5 Å². The van der Waals surface area contributed by atoms with Crippen molar-refractivity contribution in [1.29, 1.82) is 0 Å². The van der Waals surface area contributed by atoms with Crippen LogP contribution in [0.25, 0.3) is 0 Å². The molecule has 1 fully saturated rings. The van der Waals surface area contributed by atoms with Crippen LogP contribution in [0.15, 0.2) is 0 Å². The van der Waals surface area contributed by atoms with E-state index in [1.54, 1.807) is 0 Å². The van der Waals surface area contributed by atoms with E-state index in [4.69, 9.17) is 5.73 Å². The first kappa shape index (κ1) is 12.9. The fourth-order valence-electron chi connectivity index (χ4n) is 2.45. The summed E-state index contributed by atoms with van der Waals surface area (Å²) in [6.45, 7) is 5.51. The Morgan fingerprint density at radius 3 is 2.27 bits per heavy atom. The van der Waals surface area contributed by atoms with Crippen molar-refractivity contribution in [2.45, 2.75) is 51.2 Å². The van der Waals surface area contributed by atoms with Gasteiger partial charge in [0.15, 0.2) is 0 Å². The molecule has 0 bridgehead atoms. The summed E-state index contributed by atoms with van der Waals surface area (Å²) in [6, 6.07) is 0.571. The van der Waals surface area contributed by atoms with Crippen molar-refractivity contribution in [3.05, 3.63) is 0 Å². The first-order valence-electron chi connectivity index (χ1n) is 6.20. The highest BCUT2D eigenvalue weighted by molar-refractivity contribution is 4.97. The third kappa shape index (κ3) is 3.16. The number of nitrogens with zero attached hydrogens (tertiary/aromatic N) is 1. The van der Waals surface area contributed by atoms with Crippen LogP contribution in [-0.4, -0.2) is 41.8 Å². The molecule has 0 aromatic carbocycles. The van der Waals surface area contributed by atoms with Gasteiger partial charge in [-0.3, -0.25) is 0 Å². The minimum atomic E-state index is -0.642. The average Bonchev–Trinajstić information content (AvgIpc) is 3.03. The summed E-state index contributed by atoms with van der Waals surface area (Å²) in [5, 5.41) is 10.4. The molecule has 1 unspecified atom stereocenters. The molecule has 3 nitrogen and oxygen atoms in total. The minimum Gasteiger partial charge on any atom is -0.387 e. The van der Waals surface area contributed by atoms with Crippen LogP contribution in [-0.2, 0) is 0 Å². The lowest BCUT2D eigenvalue weighted by Gasteiger charge is -2.35. The van der Waals surface area contributed by atoms with Crippen molar-refractivity contribution >= 4 is 0 Å². The van der Waals surface area contributed by atoms with Crippen molar-refractivity contribution in [1.82, 2.24) is 4.90 Å². The van der Waals surface area contributed by atoms with E-state index in [1.807, 2.05) is 0 Å². The second kappa shape index (κ2) is 5.28. The zero-order chi connectivity index (χ0) is 11.5. The molecule has 3 heteroatoms. The lowest BCUT2D eigenvalue weighted by molar-refractivity contribution is -0.0126. The summed E-state index contributed by atoms with van der Waals surface area (Å²) in [4.78, 5) is 2.27. The lowest BCUT2D eigenvalue weighted by Crippen LogP contribution is -2.51. The number of hydrogen-bond donors (Lipinski definition) is 2. The van der Waals surface area contributed by atoms with Crippen LogP contribution in [0.4, 0.5) is 0 Å². The molecule has 3 N–H and O–H groups in total. The van der Waals surface area contributed by atoms with Crippen LogP contribution in [0.2, 0.25) is 0 Å². The average molecular weight is 214 g/mol. The number of rotatable bonds is 7. The van der Waals surface area contributed by atoms with E-state index in [2.05, 4.69) is 25.8 Å². The molecule has 1 aliphatic rings. The van der Waals surface area contributed by atoms with Crippen LogP contribution < -0.4 is 5.73 Å². The Labute approximate surface area is 93.6 Å². The highest BCUT2D eigenvalue weighted by Crippen LogP contribution is 2.39. The lowest BCUT2D eigenvalue weighted by atomic mass is 9.96. The smallest absolute Gasteiger partial charge is 0.0923 e. The van der Waals surface area contributed by atoms with E-state index < -0.39 is 5.60 Å². The molecule has 0 heterocycles. The number of aliphatic hydroxyl groups is 1. The Hall–Kier alpha value is -0.120. The molecule has 0 aromatic rings. The summed E-state index contributed by atoms with van der Waals surface area (Å²) in [7, 11) is 2.10. The van der Waals surface area contributed by atoms with Crippen LogP contribution in [0.3, 0.4) is 0 Å². The van der Waals surface area contributed by atoms with Gasteiger partial charge in [-0.1, -0.05) is 13.8 Å². The Morgan fingerprint density at radius 2 is 1.93 bits per heavy atom. The highest BCUT2D eigenvalue weighted by atomic mass is 16.3. The maximum absolute atomic E-state index is 10.4. The van der Waals surface area contributed by atoms with Crippen molar-refractivity contribution < 1.29 is 5.11 Å². The largest absolute Gasteiger partial charge is 0.387 e. The third-order valence-corrected chi connectivity index (χ3v) is 3.78. The van der Waals surface area contributed by atoms with E-state index in [0.717, 1.165) is 32.2 Å². The monoisotopic (exact) mass is 214 g/mol. The van der Waals surface area contributed by atoms with Gasteiger partial charge in [0.05, 0.1) is 5.60 Å². The van der Waals surface area contributed by atoms with Gasteiger partial charge in [-0.25, -0.2) is 0 Å². The van der Waals surface area contributed by atoms with Gasteiger partial charge >= 0.3 is 0 Å². The Morgan fingerprint density at radius 1 is 1.40 bits per heavy atom. The van der Waals surface area contributed by atoms with Gasteiger partial charge in [0, 0.05) is 19.1 Å². The molecule has 0 amide bonds. The van der Waals surface area contributed by atoms with Crippen LogP contribution in [0.5, 0.6) is 0 Å². The zero-order valence-corrected chi connectivity index (χ0v) is 10.4. The highest BCUT2D eigenvalue weighted by Gasteiger charge is 2.43. The molecular weight excluding hydrogens is 188 g/mol. The topological polar surface area (TPSA) is 49.5 Å². The fraction of sp³-hybridized carbons (Fsp3) is 1.00. The first-order valence-corrected chi connectivity index (χ1v) is 6.20. The van der Waals surface area contributed by atoms with E-state index in [1.165, 1.54) is 0 Å². The normalized spacial score (nSPS) is 21.0. The quantitative estimate of drug-likeness (QED) is 0.669. The van der Waals surface area contributed by atoms with Crippen molar-refractivity contribution in [2.24, 2.45) is 11.7 Å². The summed E-state index contributed by atoms with van der Waals surface area (Å²) < 4.78 is 0. The Bertz CT molecular complexity index is 190. The summed E-state index contributed by atoms with van der Waals surface area (Å²) in [5.74, 6) is 0.444. The van der Waals surface area contributed by atoms with Gasteiger partial charge in [-0.15, -0.1) is 0 Å². The molecule has 90 valence electrons. The summed E-state index contributed by atoms with van der Waals surface area (Å²) in [6.07, 6.45) is 4.56. The van der Waals surface area contributed by atoms with Crippen molar-refractivity contribution in [2.75, 3.05) is 20.1 Å². The summed E-state index contributed by atoms with van der Waals surface area (Å²) >= 11 is 0. The zero-order valence-electron chi connectivity index (χ0n) is 10.4. The molecule has 0 saturated heterocycles. The number of nitrogens with two attached hydrogens (primary N) is 1. The predicted octanol–water partition coefficient (Wildman–Crippen LogP) is 1.21. The molecular formula is C12H26N2O. The molecule has 1 rings (SSSR count). The third-order valence-electron chi connectivity index (χ3n) is 3.78. The molecule has 1 saturated carbocycles. The molecule has 0 radical (unpaired) electrons. The number of likely N-dealkylation sites (N-methyl/N-ethyl adjacent to an activating group) is 1. The molecule has 15 heavy (non-hydrogen) atoms. The van der Waals surface area contributed by atoms with Crippen molar-refractivity contribution in [3.63, 3.8) is 0 Å². The minimum absolute atomic E-state index is 0.391. The van der Waals surface area contributed by atoms with Crippen LogP contribution in [0, 0.1) is 5.92 Å². The molecule has 0 spiro atoms. The second-order valence-corrected chi connectivity index (χ2v) is 4.97. The Kier molecular flexibility index (Phi) is 4.56. The van der Waals surface area contributed by atoms with Gasteiger partial charge in [-0.2, -0.15) is 0 Å². The fourth-order valence-corrected chi connectivity index (χ4v) is 2.45. The molecule has 1 aliphatic carbocycles. The van der Waals surface area contributed by atoms with E-state index in [9.17, 15) is 5.11 Å².